The van der Waals surface area contributed by atoms with Gasteiger partial charge in [0.2, 0.25) is 5.89 Å². The van der Waals surface area contributed by atoms with Crippen LogP contribution >= 0.6 is 0 Å². The lowest BCUT2D eigenvalue weighted by molar-refractivity contribution is 0.0683. The number of hydrogen-bond donors (Lipinski definition) is 1. The normalized spacial score (nSPS) is 12.3. The predicted molar refractivity (Wildman–Crippen MR) is 68.1 cm³/mol. The van der Waals surface area contributed by atoms with Crippen molar-refractivity contribution >= 4 is 5.69 Å². The number of benzene rings is 1. The molecule has 0 amide bonds. The minimum Gasteiger partial charge on any atom is -0.376 e. The Bertz CT molecular complexity index is 470. The zero-order chi connectivity index (χ0) is 12.8. The monoisotopic (exact) mass is 247 g/mol. The van der Waals surface area contributed by atoms with Crippen molar-refractivity contribution in [1.29, 1.82) is 0 Å². The maximum atomic E-state index is 5.40. The smallest absolute Gasteiger partial charge is 0.246 e. The fourth-order valence-corrected chi connectivity index (χ4v) is 1.56. The van der Waals surface area contributed by atoms with E-state index in [0.29, 0.717) is 24.9 Å². The maximum absolute atomic E-state index is 5.40. The van der Waals surface area contributed by atoms with E-state index in [1.807, 2.05) is 44.2 Å². The molecule has 0 aliphatic heterocycles. The summed E-state index contributed by atoms with van der Waals surface area (Å²) in [7, 11) is 0. The third-order valence-electron chi connectivity index (χ3n) is 2.48. The fraction of sp³-hybridized carbons (Fsp3) is 0.385. The molecule has 96 valence electrons. The van der Waals surface area contributed by atoms with E-state index in [1.54, 1.807) is 0 Å². The molecule has 1 unspecified atom stereocenters. The Kier molecular flexibility index (Phi) is 4.30. The molecular formula is C13H17N3O2. The molecule has 0 saturated heterocycles. The molecule has 0 aliphatic rings. The van der Waals surface area contributed by atoms with Crippen molar-refractivity contribution in [2.24, 2.45) is 0 Å². The summed E-state index contributed by atoms with van der Waals surface area (Å²) in [5.41, 5.74) is 1.02. The average Bonchev–Trinajstić information content (AvgIpc) is 2.87. The van der Waals surface area contributed by atoms with Gasteiger partial charge in [-0.1, -0.05) is 23.4 Å². The first kappa shape index (κ1) is 12.6. The van der Waals surface area contributed by atoms with Crippen molar-refractivity contribution in [2.45, 2.75) is 26.5 Å². The van der Waals surface area contributed by atoms with Crippen LogP contribution in [-0.4, -0.2) is 16.7 Å². The second-order valence-corrected chi connectivity index (χ2v) is 3.86. The van der Waals surface area contributed by atoms with E-state index in [-0.39, 0.29) is 6.10 Å². The van der Waals surface area contributed by atoms with Crippen LogP contribution in [0.5, 0.6) is 0 Å². The minimum atomic E-state index is -0.135. The Morgan fingerprint density at radius 3 is 2.83 bits per heavy atom. The SMILES string of the molecule is CCOC(C)c1noc(CNc2ccccc2)n1. The third kappa shape index (κ3) is 3.30. The molecule has 1 heterocycles. The highest BCUT2D eigenvalue weighted by Crippen LogP contribution is 2.13. The quantitative estimate of drug-likeness (QED) is 0.850. The average molecular weight is 247 g/mol. The number of nitrogens with one attached hydrogen (secondary N) is 1. The molecule has 2 rings (SSSR count). The molecule has 0 fully saturated rings. The van der Waals surface area contributed by atoms with Crippen molar-refractivity contribution in [3.8, 4) is 0 Å². The predicted octanol–water partition coefficient (Wildman–Crippen LogP) is 2.78. The third-order valence-corrected chi connectivity index (χ3v) is 2.48. The summed E-state index contributed by atoms with van der Waals surface area (Å²) < 4.78 is 10.5. The van der Waals surface area contributed by atoms with Crippen LogP contribution in [0.3, 0.4) is 0 Å². The molecular weight excluding hydrogens is 230 g/mol. The van der Waals surface area contributed by atoms with Crippen LogP contribution in [0, 0.1) is 0 Å². The number of rotatable bonds is 6. The second kappa shape index (κ2) is 6.16. The summed E-state index contributed by atoms with van der Waals surface area (Å²) in [6, 6.07) is 9.89. The molecule has 0 aliphatic carbocycles. The van der Waals surface area contributed by atoms with Gasteiger partial charge in [-0.15, -0.1) is 0 Å². The van der Waals surface area contributed by atoms with Crippen molar-refractivity contribution in [1.82, 2.24) is 10.1 Å². The minimum absolute atomic E-state index is 0.135. The molecule has 5 heteroatoms. The van der Waals surface area contributed by atoms with Gasteiger partial charge in [0.25, 0.3) is 0 Å². The summed E-state index contributed by atoms with van der Waals surface area (Å²) in [4.78, 5) is 4.28. The van der Waals surface area contributed by atoms with Gasteiger partial charge in [0.1, 0.15) is 6.10 Å². The largest absolute Gasteiger partial charge is 0.376 e. The Morgan fingerprint density at radius 1 is 1.33 bits per heavy atom. The van der Waals surface area contributed by atoms with E-state index in [1.165, 1.54) is 0 Å². The number of hydrogen-bond acceptors (Lipinski definition) is 5. The first-order valence-electron chi connectivity index (χ1n) is 6.02. The molecule has 18 heavy (non-hydrogen) atoms. The van der Waals surface area contributed by atoms with Crippen molar-refractivity contribution in [3.63, 3.8) is 0 Å². The summed E-state index contributed by atoms with van der Waals surface area (Å²) in [6.45, 7) is 4.99. The maximum Gasteiger partial charge on any atom is 0.246 e. The molecule has 0 bridgehead atoms. The van der Waals surface area contributed by atoms with Gasteiger partial charge >= 0.3 is 0 Å². The highest BCUT2D eigenvalue weighted by atomic mass is 16.5. The van der Waals surface area contributed by atoms with Gasteiger partial charge in [-0.05, 0) is 26.0 Å². The van der Waals surface area contributed by atoms with Gasteiger partial charge in [0.15, 0.2) is 5.82 Å². The molecule has 0 saturated carbocycles. The van der Waals surface area contributed by atoms with E-state index in [4.69, 9.17) is 9.26 Å². The first-order valence-corrected chi connectivity index (χ1v) is 6.02. The molecule has 0 radical (unpaired) electrons. The highest BCUT2D eigenvalue weighted by Gasteiger charge is 2.13. The molecule has 1 atom stereocenters. The number of para-hydroxylation sites is 1. The van der Waals surface area contributed by atoms with E-state index in [9.17, 15) is 0 Å². The van der Waals surface area contributed by atoms with Crippen molar-refractivity contribution in [3.05, 3.63) is 42.0 Å². The molecule has 1 aromatic carbocycles. The zero-order valence-electron chi connectivity index (χ0n) is 10.6. The summed E-state index contributed by atoms with van der Waals surface area (Å²) in [5, 5.41) is 7.10. The Balaban J connectivity index is 1.91. The van der Waals surface area contributed by atoms with Crippen molar-refractivity contribution in [2.75, 3.05) is 11.9 Å². The van der Waals surface area contributed by atoms with Gasteiger partial charge in [0.05, 0.1) is 6.54 Å². The first-order chi connectivity index (χ1) is 8.79. The van der Waals surface area contributed by atoms with Gasteiger partial charge in [-0.25, -0.2) is 0 Å². The van der Waals surface area contributed by atoms with Gasteiger partial charge in [-0.2, -0.15) is 4.98 Å². The summed E-state index contributed by atoms with van der Waals surface area (Å²) in [5.74, 6) is 1.14. The number of ether oxygens (including phenoxy) is 1. The standard InChI is InChI=1S/C13H17N3O2/c1-3-17-10(2)13-15-12(18-16-13)9-14-11-7-5-4-6-8-11/h4-8,10,14H,3,9H2,1-2H3. The van der Waals surface area contributed by atoms with Crippen LogP contribution in [0.1, 0.15) is 31.7 Å². The molecule has 0 spiro atoms. The second-order valence-electron chi connectivity index (χ2n) is 3.86. The molecule has 2 aromatic rings. The van der Waals surface area contributed by atoms with Gasteiger partial charge in [-0.3, -0.25) is 0 Å². The Labute approximate surface area is 106 Å². The number of aromatic nitrogens is 2. The lowest BCUT2D eigenvalue weighted by Gasteiger charge is -2.05. The molecule has 1 N–H and O–H groups in total. The van der Waals surface area contributed by atoms with E-state index >= 15 is 0 Å². The van der Waals surface area contributed by atoms with Gasteiger partial charge < -0.3 is 14.6 Å². The van der Waals surface area contributed by atoms with Crippen LogP contribution in [-0.2, 0) is 11.3 Å². The van der Waals surface area contributed by atoms with Gasteiger partial charge in [0, 0.05) is 12.3 Å². The topological polar surface area (TPSA) is 60.2 Å². The van der Waals surface area contributed by atoms with Crippen LogP contribution in [0.4, 0.5) is 5.69 Å². The Morgan fingerprint density at radius 2 is 2.11 bits per heavy atom. The lowest BCUT2D eigenvalue weighted by Crippen LogP contribution is -2.03. The lowest BCUT2D eigenvalue weighted by atomic mass is 10.3. The zero-order valence-corrected chi connectivity index (χ0v) is 10.6. The van der Waals surface area contributed by atoms with E-state index < -0.39 is 0 Å². The Hall–Kier alpha value is -1.88. The van der Waals surface area contributed by atoms with Crippen molar-refractivity contribution < 1.29 is 9.26 Å². The number of nitrogens with zero attached hydrogens (tertiary/aromatic N) is 2. The van der Waals surface area contributed by atoms with E-state index in [2.05, 4.69) is 15.5 Å². The summed E-state index contributed by atoms with van der Waals surface area (Å²) >= 11 is 0. The number of anilines is 1. The highest BCUT2D eigenvalue weighted by molar-refractivity contribution is 5.42. The fourth-order valence-electron chi connectivity index (χ4n) is 1.56. The molecule has 1 aromatic heterocycles. The summed E-state index contributed by atoms with van der Waals surface area (Å²) in [6.07, 6.45) is -0.135. The van der Waals surface area contributed by atoms with Crippen LogP contribution < -0.4 is 5.32 Å². The van der Waals surface area contributed by atoms with Crippen LogP contribution in [0.15, 0.2) is 34.9 Å². The van der Waals surface area contributed by atoms with Crippen LogP contribution in [0.25, 0.3) is 0 Å². The molecule has 5 nitrogen and oxygen atoms in total. The van der Waals surface area contributed by atoms with E-state index in [0.717, 1.165) is 5.69 Å². The van der Waals surface area contributed by atoms with Crippen LogP contribution in [0.2, 0.25) is 0 Å².